The number of guanidine groups is 1. The molecule has 0 fully saturated rings. The average Bonchev–Trinajstić information content (AvgIpc) is 2.74. The fourth-order valence-electron chi connectivity index (χ4n) is 2.88. The number of unbranched alkanes of at least 4 members (excludes halogenated alkanes) is 3. The standard InChI is InChI=1S/C23H39N3O4/c1-5-28-15-16-30-21-17-19(3)12-13-20(21)18-26-23(24-4)25-14-10-8-7-9-11-22(27)29-6-2/h12-13,17H,5-11,14-16,18H2,1-4H3,(H2,24,25,26). The molecule has 0 spiro atoms. The second kappa shape index (κ2) is 16.5. The molecule has 0 radical (unpaired) electrons. The molecule has 2 N–H and O–H groups in total. The molecule has 0 heterocycles. The summed E-state index contributed by atoms with van der Waals surface area (Å²) in [5.41, 5.74) is 2.25. The third-order valence-corrected chi connectivity index (χ3v) is 4.49. The van der Waals surface area contributed by atoms with Gasteiger partial charge in [0, 0.05) is 38.7 Å². The zero-order valence-corrected chi connectivity index (χ0v) is 19.1. The molecule has 7 heteroatoms. The molecule has 0 saturated heterocycles. The van der Waals surface area contributed by atoms with Crippen molar-refractivity contribution in [2.24, 2.45) is 4.99 Å². The van der Waals surface area contributed by atoms with Gasteiger partial charge in [0.05, 0.1) is 13.2 Å². The Labute approximate surface area is 181 Å². The Kier molecular flexibility index (Phi) is 14.2. The number of benzene rings is 1. The summed E-state index contributed by atoms with van der Waals surface area (Å²) in [4.78, 5) is 15.6. The first kappa shape index (κ1) is 25.8. The number of nitrogens with one attached hydrogen (secondary N) is 2. The lowest BCUT2D eigenvalue weighted by Crippen LogP contribution is -2.37. The number of nitrogens with zero attached hydrogens (tertiary/aromatic N) is 1. The monoisotopic (exact) mass is 421 g/mol. The summed E-state index contributed by atoms with van der Waals surface area (Å²) in [7, 11) is 1.77. The smallest absolute Gasteiger partial charge is 0.305 e. The first-order valence-electron chi connectivity index (χ1n) is 11.0. The van der Waals surface area contributed by atoms with Crippen molar-refractivity contribution in [3.8, 4) is 5.75 Å². The van der Waals surface area contributed by atoms with Crippen molar-refractivity contribution in [2.45, 2.75) is 59.4 Å². The quantitative estimate of drug-likeness (QED) is 0.195. The fraction of sp³-hybridized carbons (Fsp3) is 0.652. The van der Waals surface area contributed by atoms with E-state index >= 15 is 0 Å². The summed E-state index contributed by atoms with van der Waals surface area (Å²) < 4.78 is 16.2. The summed E-state index contributed by atoms with van der Waals surface area (Å²) in [6.07, 6.45) is 4.51. The van der Waals surface area contributed by atoms with Crippen LogP contribution in [0.25, 0.3) is 0 Å². The highest BCUT2D eigenvalue weighted by atomic mass is 16.5. The zero-order valence-electron chi connectivity index (χ0n) is 19.1. The van der Waals surface area contributed by atoms with Crippen molar-refractivity contribution in [3.63, 3.8) is 0 Å². The lowest BCUT2D eigenvalue weighted by atomic mass is 10.1. The largest absolute Gasteiger partial charge is 0.491 e. The molecule has 1 aromatic carbocycles. The maximum Gasteiger partial charge on any atom is 0.305 e. The van der Waals surface area contributed by atoms with Crippen LogP contribution in [0.2, 0.25) is 0 Å². The number of rotatable bonds is 15. The molecule has 1 aromatic rings. The molecular weight excluding hydrogens is 382 g/mol. The molecular formula is C23H39N3O4. The Bertz CT molecular complexity index is 635. The van der Waals surface area contributed by atoms with Gasteiger partial charge in [0.1, 0.15) is 12.4 Å². The fourth-order valence-corrected chi connectivity index (χ4v) is 2.88. The minimum Gasteiger partial charge on any atom is -0.491 e. The van der Waals surface area contributed by atoms with Gasteiger partial charge in [-0.25, -0.2) is 0 Å². The van der Waals surface area contributed by atoms with E-state index in [1.807, 2.05) is 13.8 Å². The Morgan fingerprint density at radius 2 is 1.83 bits per heavy atom. The van der Waals surface area contributed by atoms with Crippen LogP contribution in [0.15, 0.2) is 23.2 Å². The third kappa shape index (κ3) is 11.7. The number of carbonyl (C=O) groups is 1. The van der Waals surface area contributed by atoms with E-state index in [1.165, 1.54) is 0 Å². The van der Waals surface area contributed by atoms with E-state index in [-0.39, 0.29) is 5.97 Å². The highest BCUT2D eigenvalue weighted by Crippen LogP contribution is 2.20. The molecule has 170 valence electrons. The van der Waals surface area contributed by atoms with Crippen LogP contribution in [0.5, 0.6) is 5.75 Å². The van der Waals surface area contributed by atoms with E-state index < -0.39 is 0 Å². The van der Waals surface area contributed by atoms with Gasteiger partial charge in [0.2, 0.25) is 0 Å². The van der Waals surface area contributed by atoms with Crippen LogP contribution in [0.1, 0.15) is 57.1 Å². The Morgan fingerprint density at radius 1 is 1.03 bits per heavy atom. The van der Waals surface area contributed by atoms with Crippen LogP contribution in [-0.4, -0.2) is 51.9 Å². The van der Waals surface area contributed by atoms with Crippen LogP contribution < -0.4 is 15.4 Å². The van der Waals surface area contributed by atoms with Gasteiger partial charge in [-0.15, -0.1) is 0 Å². The van der Waals surface area contributed by atoms with E-state index in [0.717, 1.165) is 55.1 Å². The lowest BCUT2D eigenvalue weighted by Gasteiger charge is -2.15. The molecule has 1 rings (SSSR count). The van der Waals surface area contributed by atoms with E-state index in [1.54, 1.807) is 7.05 Å². The summed E-state index contributed by atoms with van der Waals surface area (Å²) in [5.74, 6) is 1.54. The van der Waals surface area contributed by atoms with Crippen molar-refractivity contribution >= 4 is 11.9 Å². The van der Waals surface area contributed by atoms with Gasteiger partial charge in [0.15, 0.2) is 5.96 Å². The number of hydrogen-bond acceptors (Lipinski definition) is 5. The minimum atomic E-state index is -0.0995. The van der Waals surface area contributed by atoms with E-state index in [9.17, 15) is 4.79 Å². The maximum atomic E-state index is 11.3. The zero-order chi connectivity index (χ0) is 22.0. The number of hydrogen-bond donors (Lipinski definition) is 2. The van der Waals surface area contributed by atoms with Gasteiger partial charge in [0.25, 0.3) is 0 Å². The number of ether oxygens (including phenoxy) is 3. The summed E-state index contributed by atoms with van der Waals surface area (Å²) >= 11 is 0. The Hall–Kier alpha value is -2.28. The van der Waals surface area contributed by atoms with Crippen molar-refractivity contribution in [1.82, 2.24) is 10.6 Å². The van der Waals surface area contributed by atoms with Crippen molar-refractivity contribution in [1.29, 1.82) is 0 Å². The Morgan fingerprint density at radius 3 is 2.57 bits per heavy atom. The second-order valence-corrected chi connectivity index (χ2v) is 6.98. The van der Waals surface area contributed by atoms with Gasteiger partial charge in [-0.3, -0.25) is 9.79 Å². The molecule has 0 bridgehead atoms. The average molecular weight is 422 g/mol. The molecule has 0 aliphatic rings. The molecule has 0 saturated carbocycles. The molecule has 0 amide bonds. The van der Waals surface area contributed by atoms with Gasteiger partial charge in [-0.1, -0.05) is 25.0 Å². The summed E-state index contributed by atoms with van der Waals surface area (Å²) in [6, 6.07) is 6.21. The third-order valence-electron chi connectivity index (χ3n) is 4.49. The van der Waals surface area contributed by atoms with Crippen LogP contribution >= 0.6 is 0 Å². The summed E-state index contributed by atoms with van der Waals surface area (Å²) in [5, 5.41) is 6.68. The van der Waals surface area contributed by atoms with Gasteiger partial charge >= 0.3 is 5.97 Å². The van der Waals surface area contributed by atoms with E-state index in [0.29, 0.717) is 39.4 Å². The van der Waals surface area contributed by atoms with Crippen LogP contribution in [0, 0.1) is 6.92 Å². The molecule has 0 unspecified atom stereocenters. The molecule has 0 aliphatic heterocycles. The number of aliphatic imine (C=N–C) groups is 1. The number of carbonyl (C=O) groups excluding carboxylic acids is 1. The predicted octanol–water partition coefficient (Wildman–Crippen LogP) is 3.59. The van der Waals surface area contributed by atoms with E-state index in [4.69, 9.17) is 14.2 Å². The first-order chi connectivity index (χ1) is 14.6. The van der Waals surface area contributed by atoms with Crippen molar-refractivity contribution < 1.29 is 19.0 Å². The minimum absolute atomic E-state index is 0.0995. The number of esters is 1. The van der Waals surface area contributed by atoms with Crippen molar-refractivity contribution in [2.75, 3.05) is 40.0 Å². The highest BCUT2D eigenvalue weighted by molar-refractivity contribution is 5.79. The molecule has 0 aromatic heterocycles. The first-order valence-corrected chi connectivity index (χ1v) is 11.0. The maximum absolute atomic E-state index is 11.3. The highest BCUT2D eigenvalue weighted by Gasteiger charge is 2.06. The predicted molar refractivity (Wildman–Crippen MR) is 121 cm³/mol. The van der Waals surface area contributed by atoms with Crippen LogP contribution in [0.4, 0.5) is 0 Å². The topological polar surface area (TPSA) is 81.2 Å². The van der Waals surface area contributed by atoms with Gasteiger partial charge < -0.3 is 24.8 Å². The molecule has 7 nitrogen and oxygen atoms in total. The van der Waals surface area contributed by atoms with Crippen LogP contribution in [-0.2, 0) is 20.8 Å². The van der Waals surface area contributed by atoms with Crippen LogP contribution in [0.3, 0.4) is 0 Å². The Balaban J connectivity index is 2.31. The second-order valence-electron chi connectivity index (χ2n) is 6.98. The van der Waals surface area contributed by atoms with Gasteiger partial charge in [-0.2, -0.15) is 0 Å². The SMILES string of the molecule is CCOCCOc1cc(C)ccc1CNC(=NC)NCCCCCCC(=O)OCC. The normalized spacial score (nSPS) is 11.3. The lowest BCUT2D eigenvalue weighted by molar-refractivity contribution is -0.143. The van der Waals surface area contributed by atoms with Gasteiger partial charge in [-0.05, 0) is 45.2 Å². The molecule has 30 heavy (non-hydrogen) atoms. The molecule has 0 atom stereocenters. The number of aryl methyl sites for hydroxylation is 1. The molecule has 0 aliphatic carbocycles. The van der Waals surface area contributed by atoms with Crippen molar-refractivity contribution in [3.05, 3.63) is 29.3 Å². The summed E-state index contributed by atoms with van der Waals surface area (Å²) in [6.45, 7) is 9.60. The van der Waals surface area contributed by atoms with E-state index in [2.05, 4.69) is 40.7 Å².